The Morgan fingerprint density at radius 3 is 1.98 bits per heavy atom. The molecule has 47 heavy (non-hydrogen) atoms. The molecule has 1 saturated carbocycles. The van der Waals surface area contributed by atoms with Crippen molar-refractivity contribution in [2.45, 2.75) is 90.0 Å². The van der Waals surface area contributed by atoms with Crippen LogP contribution in [-0.4, -0.2) is 42.2 Å². The number of hydrogen-bond acceptors (Lipinski definition) is 4. The molecule has 2 heterocycles. The largest absolute Gasteiger partial charge is 0.478 e. The fraction of sp³-hybridized carbons (Fsp3) is 0.452. The summed E-state index contributed by atoms with van der Waals surface area (Å²) in [5, 5.41) is 11.5. The lowest BCUT2D eigenvalue weighted by Crippen LogP contribution is -2.32. The summed E-state index contributed by atoms with van der Waals surface area (Å²) in [7, 11) is 0. The summed E-state index contributed by atoms with van der Waals surface area (Å²) in [6.07, 6.45) is 7.47. The van der Waals surface area contributed by atoms with E-state index in [9.17, 15) is 9.90 Å². The van der Waals surface area contributed by atoms with Crippen LogP contribution in [0.3, 0.4) is 0 Å². The number of carbonyl (C=O) groups is 1. The third-order valence-corrected chi connectivity index (χ3v) is 11.7. The molecule has 1 aliphatic heterocycles. The van der Waals surface area contributed by atoms with Gasteiger partial charge < -0.3 is 10.0 Å². The molecule has 4 nitrogen and oxygen atoms in total. The maximum atomic E-state index is 11.2. The molecular formula is C42H52N2O2S. The van der Waals surface area contributed by atoms with Gasteiger partial charge in [-0.05, 0) is 145 Å². The molecule has 248 valence electrons. The number of anilines is 1. The SMILES string of the molecule is CCN(CC1CCC(c2ccc(C(C)(C)C)cc2)CC1)c1ccc(-c2csc(CN3CCC(c4ccc(C(=O)O)cc4)CC3)c2)cc1. The standard InChI is InChI=1S/C42H52N2O2S/c1-5-44(27-30-6-8-31(9-7-30)33-14-18-38(19-15-33)42(2,3)4)39-20-16-34(17-21-39)37-26-40(47-29-37)28-43-24-22-35(23-25-43)32-10-12-36(13-11-32)41(45)46/h10-21,26,29-31,35H,5-9,22-25,27-28H2,1-4H3,(H,45,46). The van der Waals surface area contributed by atoms with Gasteiger partial charge in [0, 0.05) is 30.2 Å². The smallest absolute Gasteiger partial charge is 0.335 e. The molecule has 0 radical (unpaired) electrons. The first-order valence-corrected chi connectivity index (χ1v) is 18.6. The summed E-state index contributed by atoms with van der Waals surface area (Å²) in [6, 6.07) is 28.6. The second-order valence-electron chi connectivity index (χ2n) is 15.0. The predicted molar refractivity (Wildman–Crippen MR) is 198 cm³/mol. The fourth-order valence-corrected chi connectivity index (χ4v) is 8.62. The first-order chi connectivity index (χ1) is 22.7. The molecule has 0 spiro atoms. The lowest BCUT2D eigenvalue weighted by Gasteiger charge is -2.34. The Morgan fingerprint density at radius 2 is 1.40 bits per heavy atom. The lowest BCUT2D eigenvalue weighted by molar-refractivity contribution is 0.0697. The molecule has 1 aliphatic carbocycles. The van der Waals surface area contributed by atoms with E-state index in [1.807, 2.05) is 23.5 Å². The number of likely N-dealkylation sites (tertiary alicyclic amines) is 1. The number of thiophene rings is 1. The van der Waals surface area contributed by atoms with E-state index >= 15 is 0 Å². The van der Waals surface area contributed by atoms with Gasteiger partial charge in [0.25, 0.3) is 0 Å². The van der Waals surface area contributed by atoms with Gasteiger partial charge >= 0.3 is 5.97 Å². The Hall–Kier alpha value is -3.41. The Bertz CT molecular complexity index is 1580. The van der Waals surface area contributed by atoms with Crippen molar-refractivity contribution in [1.29, 1.82) is 0 Å². The van der Waals surface area contributed by atoms with Crippen molar-refractivity contribution in [3.63, 3.8) is 0 Å². The van der Waals surface area contributed by atoms with E-state index in [0.717, 1.165) is 51.5 Å². The number of benzene rings is 3. The van der Waals surface area contributed by atoms with Crippen LogP contribution in [0.25, 0.3) is 11.1 Å². The van der Waals surface area contributed by atoms with Crippen LogP contribution in [0.15, 0.2) is 84.2 Å². The number of piperidine rings is 1. The summed E-state index contributed by atoms with van der Waals surface area (Å²) in [5.74, 6) is 1.13. The number of nitrogens with zero attached hydrogens (tertiary/aromatic N) is 2. The van der Waals surface area contributed by atoms with E-state index in [2.05, 4.69) is 97.5 Å². The highest BCUT2D eigenvalue weighted by atomic mass is 32.1. The Morgan fingerprint density at radius 1 is 0.809 bits per heavy atom. The number of carboxylic acid groups (broad SMARTS) is 1. The van der Waals surface area contributed by atoms with Crippen molar-refractivity contribution in [3.8, 4) is 11.1 Å². The number of aromatic carboxylic acids is 1. The minimum absolute atomic E-state index is 0.215. The van der Waals surface area contributed by atoms with E-state index in [1.165, 1.54) is 64.1 Å². The van der Waals surface area contributed by atoms with Gasteiger partial charge in [-0.1, -0.05) is 69.3 Å². The van der Waals surface area contributed by atoms with Crippen LogP contribution in [0.4, 0.5) is 5.69 Å². The predicted octanol–water partition coefficient (Wildman–Crippen LogP) is 10.6. The summed E-state index contributed by atoms with van der Waals surface area (Å²) in [6.45, 7) is 14.5. The van der Waals surface area contributed by atoms with E-state index in [0.29, 0.717) is 17.4 Å². The van der Waals surface area contributed by atoms with Crippen molar-refractivity contribution in [2.24, 2.45) is 5.92 Å². The summed E-state index contributed by atoms with van der Waals surface area (Å²) < 4.78 is 0. The number of hydrogen-bond donors (Lipinski definition) is 1. The Kier molecular flexibility index (Phi) is 10.5. The van der Waals surface area contributed by atoms with Crippen LogP contribution >= 0.6 is 11.3 Å². The Balaban J connectivity index is 0.975. The van der Waals surface area contributed by atoms with E-state index < -0.39 is 5.97 Å². The minimum Gasteiger partial charge on any atom is -0.478 e. The third-order valence-electron chi connectivity index (χ3n) is 10.8. The average Bonchev–Trinajstić information content (AvgIpc) is 3.56. The van der Waals surface area contributed by atoms with E-state index in [4.69, 9.17) is 0 Å². The zero-order chi connectivity index (χ0) is 33.0. The molecule has 1 saturated heterocycles. The van der Waals surface area contributed by atoms with Crippen molar-refractivity contribution in [1.82, 2.24) is 4.90 Å². The van der Waals surface area contributed by atoms with Gasteiger partial charge in [0.2, 0.25) is 0 Å². The van der Waals surface area contributed by atoms with Gasteiger partial charge in [-0.15, -0.1) is 11.3 Å². The normalized spacial score (nSPS) is 19.5. The highest BCUT2D eigenvalue weighted by Crippen LogP contribution is 2.38. The molecular weight excluding hydrogens is 597 g/mol. The first-order valence-electron chi connectivity index (χ1n) is 17.7. The van der Waals surface area contributed by atoms with Crippen LogP contribution in [0.1, 0.15) is 110 Å². The quantitative estimate of drug-likeness (QED) is 0.186. The zero-order valence-electron chi connectivity index (χ0n) is 28.8. The van der Waals surface area contributed by atoms with Crippen molar-refractivity contribution in [3.05, 3.63) is 111 Å². The summed E-state index contributed by atoms with van der Waals surface area (Å²) >= 11 is 1.87. The summed E-state index contributed by atoms with van der Waals surface area (Å²) in [4.78, 5) is 17.7. The zero-order valence-corrected chi connectivity index (χ0v) is 29.6. The molecule has 1 aromatic heterocycles. The topological polar surface area (TPSA) is 43.8 Å². The molecule has 0 bridgehead atoms. The van der Waals surface area contributed by atoms with Gasteiger partial charge in [0.1, 0.15) is 0 Å². The molecule has 6 rings (SSSR count). The first kappa shape index (κ1) is 33.5. The van der Waals surface area contributed by atoms with Crippen LogP contribution in [-0.2, 0) is 12.0 Å². The molecule has 5 heteroatoms. The molecule has 3 aromatic carbocycles. The maximum absolute atomic E-state index is 11.2. The van der Waals surface area contributed by atoms with Crippen LogP contribution < -0.4 is 4.90 Å². The van der Waals surface area contributed by atoms with Crippen LogP contribution in [0.2, 0.25) is 0 Å². The van der Waals surface area contributed by atoms with Crippen LogP contribution in [0, 0.1) is 5.92 Å². The highest BCUT2D eigenvalue weighted by Gasteiger charge is 2.25. The second kappa shape index (κ2) is 14.8. The van der Waals surface area contributed by atoms with Crippen molar-refractivity contribution >= 4 is 23.0 Å². The van der Waals surface area contributed by atoms with Crippen molar-refractivity contribution in [2.75, 3.05) is 31.1 Å². The average molecular weight is 649 g/mol. The van der Waals surface area contributed by atoms with Gasteiger partial charge in [-0.2, -0.15) is 0 Å². The number of rotatable bonds is 10. The molecule has 2 fully saturated rings. The maximum Gasteiger partial charge on any atom is 0.335 e. The molecule has 0 unspecified atom stereocenters. The van der Waals surface area contributed by atoms with Gasteiger partial charge in [0.05, 0.1) is 5.56 Å². The third kappa shape index (κ3) is 8.36. The second-order valence-corrected chi connectivity index (χ2v) is 16.0. The van der Waals surface area contributed by atoms with E-state index in [-0.39, 0.29) is 5.41 Å². The van der Waals surface area contributed by atoms with Crippen LogP contribution in [0.5, 0.6) is 0 Å². The van der Waals surface area contributed by atoms with Gasteiger partial charge in [-0.3, -0.25) is 4.90 Å². The molecule has 4 aromatic rings. The molecule has 1 N–H and O–H groups in total. The molecule has 2 aliphatic rings. The number of carboxylic acids is 1. The monoisotopic (exact) mass is 648 g/mol. The van der Waals surface area contributed by atoms with E-state index in [1.54, 1.807) is 12.1 Å². The van der Waals surface area contributed by atoms with Crippen molar-refractivity contribution < 1.29 is 9.90 Å². The highest BCUT2D eigenvalue weighted by molar-refractivity contribution is 7.10. The van der Waals surface area contributed by atoms with Gasteiger partial charge in [-0.25, -0.2) is 4.79 Å². The minimum atomic E-state index is -0.859. The molecule has 0 amide bonds. The lowest BCUT2D eigenvalue weighted by atomic mass is 9.77. The summed E-state index contributed by atoms with van der Waals surface area (Å²) in [5.41, 5.74) is 8.76. The fourth-order valence-electron chi connectivity index (χ4n) is 7.68. The van der Waals surface area contributed by atoms with Gasteiger partial charge in [0.15, 0.2) is 0 Å². The Labute approximate surface area is 286 Å². The molecule has 0 atom stereocenters.